The molecule has 1 fully saturated rings. The molecule has 1 saturated heterocycles. The Kier molecular flexibility index (Phi) is 4.68. The summed E-state index contributed by atoms with van der Waals surface area (Å²) in [6.07, 6.45) is 6.25. The van der Waals surface area contributed by atoms with E-state index in [9.17, 15) is 18.5 Å². The van der Waals surface area contributed by atoms with Crippen molar-refractivity contribution in [3.8, 4) is 12.3 Å². The number of nitro groups is 1. The zero-order chi connectivity index (χ0) is 16.3. The van der Waals surface area contributed by atoms with E-state index in [1.54, 1.807) is 6.07 Å². The van der Waals surface area contributed by atoms with Gasteiger partial charge < -0.3 is 4.90 Å². The first kappa shape index (κ1) is 16.3. The average Bonchev–Trinajstić information content (AvgIpc) is 2.46. The zero-order valence-corrected chi connectivity index (χ0v) is 13.0. The molecule has 0 aliphatic carbocycles. The molecule has 0 N–H and O–H groups in total. The van der Waals surface area contributed by atoms with Crippen LogP contribution >= 0.6 is 0 Å². The molecule has 118 valence electrons. The molecule has 0 aromatic heterocycles. The number of terminal acetylenes is 1. The first-order valence-electron chi connectivity index (χ1n) is 6.73. The number of nitro benzene ring substituents is 1. The lowest BCUT2D eigenvalue weighted by Crippen LogP contribution is -2.46. The van der Waals surface area contributed by atoms with Gasteiger partial charge >= 0.3 is 5.69 Å². The van der Waals surface area contributed by atoms with Gasteiger partial charge in [-0.3, -0.25) is 15.0 Å². The van der Waals surface area contributed by atoms with E-state index in [4.69, 9.17) is 6.42 Å². The maximum Gasteiger partial charge on any atom is 0.311 e. The molecule has 1 aliphatic rings. The van der Waals surface area contributed by atoms with Crippen molar-refractivity contribution >= 4 is 21.2 Å². The van der Waals surface area contributed by atoms with E-state index in [0.717, 1.165) is 6.26 Å². The van der Waals surface area contributed by atoms with Crippen molar-refractivity contribution in [2.45, 2.75) is 4.90 Å². The minimum absolute atomic E-state index is 0.249. The van der Waals surface area contributed by atoms with Crippen LogP contribution in [0.2, 0.25) is 0 Å². The van der Waals surface area contributed by atoms with Gasteiger partial charge in [-0.1, -0.05) is 12.0 Å². The number of anilines is 1. The van der Waals surface area contributed by atoms with Crippen LogP contribution in [0.4, 0.5) is 11.4 Å². The van der Waals surface area contributed by atoms with Crippen LogP contribution in [0.25, 0.3) is 0 Å². The summed E-state index contributed by atoms with van der Waals surface area (Å²) in [6, 6.07) is 4.39. The molecule has 0 radical (unpaired) electrons. The first-order chi connectivity index (χ1) is 10.3. The van der Waals surface area contributed by atoms with E-state index in [-0.39, 0.29) is 10.6 Å². The lowest BCUT2D eigenvalue weighted by molar-refractivity contribution is -0.387. The number of piperazine rings is 1. The molecule has 1 heterocycles. The maximum absolute atomic E-state index is 11.8. The predicted molar refractivity (Wildman–Crippen MR) is 83.7 cm³/mol. The fraction of sp³-hybridized carbons (Fsp3) is 0.429. The highest BCUT2D eigenvalue weighted by atomic mass is 32.2. The second-order valence-corrected chi connectivity index (χ2v) is 7.10. The van der Waals surface area contributed by atoms with Crippen molar-refractivity contribution in [3.05, 3.63) is 28.3 Å². The molecule has 8 heteroatoms. The summed E-state index contributed by atoms with van der Waals surface area (Å²) in [6.45, 7) is 3.04. The van der Waals surface area contributed by atoms with Crippen LogP contribution in [0.3, 0.4) is 0 Å². The summed E-state index contributed by atoms with van der Waals surface area (Å²) in [5, 5.41) is 11.4. The molecular weight excluding hydrogens is 306 g/mol. The second-order valence-electron chi connectivity index (χ2n) is 5.12. The minimum atomic E-state index is -3.66. The Balaban J connectivity index is 2.37. The van der Waals surface area contributed by atoms with Crippen molar-refractivity contribution in [3.63, 3.8) is 0 Å². The van der Waals surface area contributed by atoms with Gasteiger partial charge in [-0.25, -0.2) is 8.42 Å². The third kappa shape index (κ3) is 3.37. The Labute approximate surface area is 129 Å². The number of hydrogen-bond donors (Lipinski definition) is 0. The van der Waals surface area contributed by atoms with Crippen LogP contribution in [-0.4, -0.2) is 57.2 Å². The number of benzene rings is 1. The monoisotopic (exact) mass is 323 g/mol. The summed E-state index contributed by atoms with van der Waals surface area (Å²) >= 11 is 0. The standard InChI is InChI=1S/C14H17N3O4S/c1-3-7-15-8-10-16(11-9-15)12-5-4-6-13(22(2,20)21)14(12)17(18)19/h1,4-6H,7-11H2,2H3. The Morgan fingerprint density at radius 3 is 2.45 bits per heavy atom. The van der Waals surface area contributed by atoms with Crippen molar-refractivity contribution in [2.75, 3.05) is 43.9 Å². The quantitative estimate of drug-likeness (QED) is 0.462. The summed E-state index contributed by atoms with van der Waals surface area (Å²) in [5.74, 6) is 2.57. The molecule has 0 spiro atoms. The molecule has 2 rings (SSSR count). The lowest BCUT2D eigenvalue weighted by atomic mass is 10.2. The molecule has 0 atom stereocenters. The fourth-order valence-electron chi connectivity index (χ4n) is 2.52. The predicted octanol–water partition coefficient (Wildman–Crippen LogP) is 0.754. The Hall–Kier alpha value is -2.11. The molecular formula is C14H17N3O4S. The molecule has 0 unspecified atom stereocenters. The van der Waals surface area contributed by atoms with Gasteiger partial charge in [0.25, 0.3) is 0 Å². The molecule has 7 nitrogen and oxygen atoms in total. The van der Waals surface area contributed by atoms with E-state index < -0.39 is 14.8 Å². The first-order valence-corrected chi connectivity index (χ1v) is 8.62. The summed E-state index contributed by atoms with van der Waals surface area (Å²) in [7, 11) is -3.66. The van der Waals surface area contributed by atoms with Crippen LogP contribution < -0.4 is 4.90 Å². The van der Waals surface area contributed by atoms with E-state index >= 15 is 0 Å². The molecule has 1 aliphatic heterocycles. The van der Waals surface area contributed by atoms with Gasteiger partial charge in [0, 0.05) is 32.4 Å². The molecule has 1 aromatic carbocycles. The van der Waals surface area contributed by atoms with Crippen molar-refractivity contribution in [1.29, 1.82) is 0 Å². The highest BCUT2D eigenvalue weighted by Gasteiger charge is 2.30. The number of rotatable bonds is 4. The molecule has 0 amide bonds. The van der Waals surface area contributed by atoms with E-state index in [2.05, 4.69) is 10.8 Å². The Morgan fingerprint density at radius 1 is 1.32 bits per heavy atom. The minimum Gasteiger partial charge on any atom is -0.363 e. The molecule has 0 bridgehead atoms. The van der Waals surface area contributed by atoms with Crippen LogP contribution in [0, 0.1) is 22.5 Å². The summed E-state index contributed by atoms with van der Waals surface area (Å²) in [4.78, 5) is 14.4. The number of nitrogens with zero attached hydrogens (tertiary/aromatic N) is 3. The van der Waals surface area contributed by atoms with Gasteiger partial charge in [-0.2, -0.15) is 0 Å². The topological polar surface area (TPSA) is 83.8 Å². The maximum atomic E-state index is 11.8. The Bertz CT molecular complexity index is 716. The van der Waals surface area contributed by atoms with Crippen molar-refractivity contribution in [1.82, 2.24) is 4.90 Å². The van der Waals surface area contributed by atoms with E-state index in [1.165, 1.54) is 12.1 Å². The van der Waals surface area contributed by atoms with Crippen LogP contribution in [0.5, 0.6) is 0 Å². The van der Waals surface area contributed by atoms with Crippen molar-refractivity contribution < 1.29 is 13.3 Å². The lowest BCUT2D eigenvalue weighted by Gasteiger charge is -2.34. The van der Waals surface area contributed by atoms with Gasteiger partial charge in [0.1, 0.15) is 10.6 Å². The summed E-state index contributed by atoms with van der Waals surface area (Å²) < 4.78 is 23.6. The third-order valence-corrected chi connectivity index (χ3v) is 4.72. The molecule has 0 saturated carbocycles. The van der Waals surface area contributed by atoms with Crippen LogP contribution in [0.15, 0.2) is 23.1 Å². The highest BCUT2D eigenvalue weighted by Crippen LogP contribution is 2.35. The van der Waals surface area contributed by atoms with Gasteiger partial charge in [-0.15, -0.1) is 6.42 Å². The zero-order valence-electron chi connectivity index (χ0n) is 12.2. The number of hydrogen-bond acceptors (Lipinski definition) is 6. The van der Waals surface area contributed by atoms with E-state index in [0.29, 0.717) is 38.4 Å². The molecule has 22 heavy (non-hydrogen) atoms. The van der Waals surface area contributed by atoms with Gasteiger partial charge in [0.05, 0.1) is 11.5 Å². The number of para-hydroxylation sites is 1. The summed E-state index contributed by atoms with van der Waals surface area (Å²) in [5.41, 5.74) is -0.0105. The highest BCUT2D eigenvalue weighted by molar-refractivity contribution is 7.90. The third-order valence-electron chi connectivity index (χ3n) is 3.59. The van der Waals surface area contributed by atoms with Crippen LogP contribution in [-0.2, 0) is 9.84 Å². The van der Waals surface area contributed by atoms with Gasteiger partial charge in [0.2, 0.25) is 0 Å². The van der Waals surface area contributed by atoms with Gasteiger partial charge in [-0.05, 0) is 12.1 Å². The number of sulfone groups is 1. The second kappa shape index (κ2) is 6.34. The van der Waals surface area contributed by atoms with Crippen LogP contribution in [0.1, 0.15) is 0 Å². The fourth-order valence-corrected chi connectivity index (χ4v) is 3.38. The van der Waals surface area contributed by atoms with E-state index in [1.807, 2.05) is 4.90 Å². The normalized spacial score (nSPS) is 16.3. The average molecular weight is 323 g/mol. The van der Waals surface area contributed by atoms with Crippen molar-refractivity contribution in [2.24, 2.45) is 0 Å². The molecule has 1 aromatic rings. The smallest absolute Gasteiger partial charge is 0.311 e. The van der Waals surface area contributed by atoms with Gasteiger partial charge in [0.15, 0.2) is 9.84 Å². The largest absolute Gasteiger partial charge is 0.363 e. The SMILES string of the molecule is C#CCN1CCN(c2cccc(S(C)(=O)=O)c2[N+](=O)[O-])CC1. The Morgan fingerprint density at radius 2 is 1.95 bits per heavy atom.